The van der Waals surface area contributed by atoms with Gasteiger partial charge in [0.25, 0.3) is 5.91 Å². The van der Waals surface area contributed by atoms with Crippen molar-refractivity contribution in [3.8, 4) is 0 Å². The maximum absolute atomic E-state index is 12.8. The molecule has 3 aromatic rings. The predicted octanol–water partition coefficient (Wildman–Crippen LogP) is 3.71. The van der Waals surface area contributed by atoms with E-state index in [4.69, 9.17) is 0 Å². The van der Waals surface area contributed by atoms with Crippen molar-refractivity contribution in [3.05, 3.63) is 82.7 Å². The highest BCUT2D eigenvalue weighted by atomic mass is 16.2. The first kappa shape index (κ1) is 20.3. The number of carbonyl (C=O) groups excluding carboxylic acids is 2. The summed E-state index contributed by atoms with van der Waals surface area (Å²) in [6.07, 6.45) is 0.210. The predicted molar refractivity (Wildman–Crippen MR) is 114 cm³/mol. The third-order valence-corrected chi connectivity index (χ3v) is 5.09. The molecule has 0 radical (unpaired) electrons. The molecule has 150 valence electrons. The standard InChI is InChI=1S/C23H26N4O2/c1-15(18-10-6-5-7-11-18)24-23(29)19-12-8-9-13-21(19)25-22(28)14-20-16(2)26-27(4)17(20)3/h5-13,15H,14H2,1-4H3,(H,24,29)(H,25,28). The van der Waals surface area contributed by atoms with E-state index >= 15 is 0 Å². The highest BCUT2D eigenvalue weighted by molar-refractivity contribution is 6.04. The SMILES string of the molecule is Cc1nn(C)c(C)c1CC(=O)Nc1ccccc1C(=O)NC(C)c1ccccc1. The van der Waals surface area contributed by atoms with E-state index in [9.17, 15) is 9.59 Å². The van der Waals surface area contributed by atoms with Crippen molar-refractivity contribution < 1.29 is 9.59 Å². The van der Waals surface area contributed by atoms with Gasteiger partial charge in [0, 0.05) is 18.3 Å². The number of rotatable bonds is 6. The van der Waals surface area contributed by atoms with E-state index in [1.165, 1.54) is 0 Å². The van der Waals surface area contributed by atoms with Crippen molar-refractivity contribution in [1.82, 2.24) is 15.1 Å². The molecule has 0 saturated carbocycles. The van der Waals surface area contributed by atoms with Crippen LogP contribution in [0.5, 0.6) is 0 Å². The molecule has 3 rings (SSSR count). The molecule has 6 heteroatoms. The molecule has 0 aliphatic carbocycles. The highest BCUT2D eigenvalue weighted by Crippen LogP contribution is 2.19. The van der Waals surface area contributed by atoms with Crippen LogP contribution >= 0.6 is 0 Å². The van der Waals surface area contributed by atoms with E-state index in [-0.39, 0.29) is 24.3 Å². The number of para-hydroxylation sites is 1. The Balaban J connectivity index is 1.73. The van der Waals surface area contributed by atoms with Gasteiger partial charge in [0.15, 0.2) is 0 Å². The summed E-state index contributed by atoms with van der Waals surface area (Å²) in [7, 11) is 1.86. The number of nitrogens with one attached hydrogen (secondary N) is 2. The summed E-state index contributed by atoms with van der Waals surface area (Å²) in [5.41, 5.74) is 4.65. The van der Waals surface area contributed by atoms with Crippen LogP contribution in [0.25, 0.3) is 0 Å². The summed E-state index contributed by atoms with van der Waals surface area (Å²) in [6, 6.07) is 16.6. The summed E-state index contributed by atoms with van der Waals surface area (Å²) in [5, 5.41) is 10.2. The normalized spacial score (nSPS) is 11.7. The zero-order valence-electron chi connectivity index (χ0n) is 17.2. The van der Waals surface area contributed by atoms with Crippen LogP contribution in [0.15, 0.2) is 54.6 Å². The van der Waals surface area contributed by atoms with Gasteiger partial charge in [-0.1, -0.05) is 42.5 Å². The molecular formula is C23H26N4O2. The molecule has 0 aliphatic rings. The molecule has 29 heavy (non-hydrogen) atoms. The van der Waals surface area contributed by atoms with Gasteiger partial charge in [-0.3, -0.25) is 14.3 Å². The van der Waals surface area contributed by atoms with Gasteiger partial charge >= 0.3 is 0 Å². The van der Waals surface area contributed by atoms with Crippen LogP contribution in [-0.4, -0.2) is 21.6 Å². The summed E-state index contributed by atoms with van der Waals surface area (Å²) < 4.78 is 1.77. The third-order valence-electron chi connectivity index (χ3n) is 5.09. The molecule has 2 N–H and O–H groups in total. The number of hydrogen-bond donors (Lipinski definition) is 2. The molecule has 0 spiro atoms. The zero-order chi connectivity index (χ0) is 21.0. The summed E-state index contributed by atoms with van der Waals surface area (Å²) in [6.45, 7) is 5.76. The summed E-state index contributed by atoms with van der Waals surface area (Å²) >= 11 is 0. The Bertz CT molecular complexity index is 1020. The quantitative estimate of drug-likeness (QED) is 0.674. The molecule has 0 fully saturated rings. The second kappa shape index (κ2) is 8.73. The zero-order valence-corrected chi connectivity index (χ0v) is 17.2. The van der Waals surface area contributed by atoms with Gasteiger partial charge in [-0.05, 0) is 38.5 Å². The number of aromatic nitrogens is 2. The number of hydrogen-bond acceptors (Lipinski definition) is 3. The van der Waals surface area contributed by atoms with Crippen molar-refractivity contribution in [2.45, 2.75) is 33.2 Å². The second-order valence-electron chi connectivity index (χ2n) is 7.15. The molecule has 0 saturated heterocycles. The Labute approximate surface area is 170 Å². The lowest BCUT2D eigenvalue weighted by Gasteiger charge is -2.16. The molecule has 0 bridgehead atoms. The minimum Gasteiger partial charge on any atom is -0.345 e. The minimum atomic E-state index is -0.231. The Morgan fingerprint density at radius 1 is 1.03 bits per heavy atom. The van der Waals surface area contributed by atoms with Gasteiger partial charge in [-0.25, -0.2) is 0 Å². The van der Waals surface area contributed by atoms with E-state index < -0.39 is 0 Å². The number of nitrogens with zero attached hydrogens (tertiary/aromatic N) is 2. The summed E-state index contributed by atoms with van der Waals surface area (Å²) in [4.78, 5) is 25.5. The lowest BCUT2D eigenvalue weighted by atomic mass is 10.1. The molecule has 2 aromatic carbocycles. The van der Waals surface area contributed by atoms with Crippen molar-refractivity contribution in [3.63, 3.8) is 0 Å². The average molecular weight is 390 g/mol. The summed E-state index contributed by atoms with van der Waals surface area (Å²) in [5.74, 6) is -0.411. The van der Waals surface area contributed by atoms with Gasteiger partial charge in [0.05, 0.1) is 29.4 Å². The van der Waals surface area contributed by atoms with Crippen molar-refractivity contribution >= 4 is 17.5 Å². The van der Waals surface area contributed by atoms with Gasteiger partial charge in [0.1, 0.15) is 0 Å². The first-order valence-electron chi connectivity index (χ1n) is 9.60. The fourth-order valence-electron chi connectivity index (χ4n) is 3.32. The fourth-order valence-corrected chi connectivity index (χ4v) is 3.32. The molecule has 1 atom stereocenters. The lowest BCUT2D eigenvalue weighted by Crippen LogP contribution is -2.28. The van der Waals surface area contributed by atoms with Gasteiger partial charge < -0.3 is 10.6 Å². The smallest absolute Gasteiger partial charge is 0.253 e. The average Bonchev–Trinajstić information content (AvgIpc) is 2.95. The van der Waals surface area contributed by atoms with E-state index in [1.807, 2.05) is 58.2 Å². The van der Waals surface area contributed by atoms with Crippen LogP contribution in [0.3, 0.4) is 0 Å². The van der Waals surface area contributed by atoms with E-state index in [0.717, 1.165) is 22.5 Å². The number of anilines is 1. The Morgan fingerprint density at radius 2 is 1.69 bits per heavy atom. The van der Waals surface area contributed by atoms with Crippen LogP contribution in [0.1, 0.15) is 45.8 Å². The number of aryl methyl sites for hydroxylation is 2. The van der Waals surface area contributed by atoms with Crippen LogP contribution in [0.4, 0.5) is 5.69 Å². The Kier molecular flexibility index (Phi) is 6.12. The maximum Gasteiger partial charge on any atom is 0.253 e. The number of carbonyl (C=O) groups is 2. The molecule has 1 aromatic heterocycles. The number of amides is 2. The highest BCUT2D eigenvalue weighted by Gasteiger charge is 2.18. The number of benzene rings is 2. The first-order valence-corrected chi connectivity index (χ1v) is 9.60. The van der Waals surface area contributed by atoms with Crippen molar-refractivity contribution in [1.29, 1.82) is 0 Å². The monoisotopic (exact) mass is 390 g/mol. The first-order chi connectivity index (χ1) is 13.9. The molecule has 1 unspecified atom stereocenters. The minimum absolute atomic E-state index is 0.145. The van der Waals surface area contributed by atoms with Crippen LogP contribution in [0, 0.1) is 13.8 Å². The van der Waals surface area contributed by atoms with Gasteiger partial charge in [0.2, 0.25) is 5.91 Å². The largest absolute Gasteiger partial charge is 0.345 e. The second-order valence-corrected chi connectivity index (χ2v) is 7.15. The third kappa shape index (κ3) is 4.71. The molecule has 1 heterocycles. The van der Waals surface area contributed by atoms with E-state index in [0.29, 0.717) is 11.3 Å². The van der Waals surface area contributed by atoms with Crippen molar-refractivity contribution in [2.75, 3.05) is 5.32 Å². The van der Waals surface area contributed by atoms with Gasteiger partial charge in [-0.15, -0.1) is 0 Å². The van der Waals surface area contributed by atoms with Crippen molar-refractivity contribution in [2.24, 2.45) is 7.05 Å². The van der Waals surface area contributed by atoms with Crippen LogP contribution < -0.4 is 10.6 Å². The van der Waals surface area contributed by atoms with Crippen LogP contribution in [0.2, 0.25) is 0 Å². The fraction of sp³-hybridized carbons (Fsp3) is 0.261. The molecule has 2 amide bonds. The molecular weight excluding hydrogens is 364 g/mol. The molecule has 0 aliphatic heterocycles. The van der Waals surface area contributed by atoms with Gasteiger partial charge in [-0.2, -0.15) is 5.10 Å². The topological polar surface area (TPSA) is 76.0 Å². The maximum atomic E-state index is 12.8. The Hall–Kier alpha value is -3.41. The Morgan fingerprint density at radius 3 is 2.34 bits per heavy atom. The lowest BCUT2D eigenvalue weighted by molar-refractivity contribution is -0.115. The van der Waals surface area contributed by atoms with E-state index in [2.05, 4.69) is 15.7 Å². The molecule has 6 nitrogen and oxygen atoms in total. The van der Waals surface area contributed by atoms with Crippen LogP contribution in [-0.2, 0) is 18.3 Å². The van der Waals surface area contributed by atoms with E-state index in [1.54, 1.807) is 28.9 Å².